The number of amides is 1. The maximum Gasteiger partial charge on any atom is 0.251 e. The van der Waals surface area contributed by atoms with Crippen LogP contribution < -0.4 is 15.4 Å². The van der Waals surface area contributed by atoms with E-state index in [0.29, 0.717) is 36.3 Å². The molecule has 3 fully saturated rings. The number of hydrogen-bond donors (Lipinski definition) is 2. The summed E-state index contributed by atoms with van der Waals surface area (Å²) in [6.07, 6.45) is 3.97. The normalized spacial score (nSPS) is 18.7. The molecule has 2 aliphatic heterocycles. The number of nitrogens with zero attached hydrogens (tertiary/aromatic N) is 4. The molecule has 0 radical (unpaired) electrons. The summed E-state index contributed by atoms with van der Waals surface area (Å²) in [6, 6.07) is 8.11. The molecular formula is C26H34N6O4. The number of ether oxygens (including phenoxy) is 3. The van der Waals surface area contributed by atoms with E-state index in [1.165, 1.54) is 0 Å². The lowest BCUT2D eigenvalue weighted by Gasteiger charge is -2.27. The van der Waals surface area contributed by atoms with E-state index in [1.54, 1.807) is 0 Å². The summed E-state index contributed by atoms with van der Waals surface area (Å²) in [6.45, 7) is 8.25. The van der Waals surface area contributed by atoms with Gasteiger partial charge in [-0.15, -0.1) is 0 Å². The fourth-order valence-electron chi connectivity index (χ4n) is 4.53. The first kappa shape index (κ1) is 23.2. The minimum absolute atomic E-state index is 0. The van der Waals surface area contributed by atoms with E-state index >= 15 is 0 Å². The van der Waals surface area contributed by atoms with Gasteiger partial charge in [0.1, 0.15) is 11.9 Å². The highest BCUT2D eigenvalue weighted by Gasteiger charge is 2.25. The summed E-state index contributed by atoms with van der Waals surface area (Å²) in [7, 11) is 0. The molecule has 3 aliphatic rings. The monoisotopic (exact) mass is 494 g/mol. The third kappa shape index (κ3) is 5.02. The standard InChI is InChI=1S/C26H32N6O4.H2/c1-17-12-18(2-5-21(17)26(33)29-19-3-4-19)22-14-28-32-23(27-6-7-31-8-10-34-11-9-31)13-24(30-25(22)32)36-20-15-35-16-20;/h2,5,12-14,19-20,27H,3-4,6-11,15-16H2,1H3,(H,29,33);1H. The van der Waals surface area contributed by atoms with Crippen LogP contribution in [0.4, 0.5) is 5.82 Å². The SMILES string of the molecule is Cc1cc(-c2cnn3c(NCCN4CCOCC4)cc(OC4COC4)nc23)ccc1C(=O)NC1CC1.[HH]. The zero-order chi connectivity index (χ0) is 24.5. The average Bonchev–Trinajstić information content (AvgIpc) is 3.57. The number of carbonyl (C=O) groups excluding carboxylic acids is 1. The molecule has 1 amide bonds. The van der Waals surface area contributed by atoms with Gasteiger partial charge in [-0.3, -0.25) is 9.69 Å². The van der Waals surface area contributed by atoms with Gasteiger partial charge >= 0.3 is 0 Å². The van der Waals surface area contributed by atoms with Crippen molar-refractivity contribution in [3.05, 3.63) is 41.6 Å². The number of nitrogens with one attached hydrogen (secondary N) is 2. The number of anilines is 1. The van der Waals surface area contributed by atoms with E-state index in [0.717, 1.165) is 74.7 Å². The molecule has 0 atom stereocenters. The van der Waals surface area contributed by atoms with Gasteiger partial charge < -0.3 is 24.8 Å². The molecule has 192 valence electrons. The molecule has 2 saturated heterocycles. The highest BCUT2D eigenvalue weighted by Crippen LogP contribution is 2.30. The van der Waals surface area contributed by atoms with Crippen molar-refractivity contribution in [2.24, 2.45) is 0 Å². The number of carbonyl (C=O) groups is 1. The van der Waals surface area contributed by atoms with Crippen molar-refractivity contribution >= 4 is 17.4 Å². The Bertz CT molecular complexity index is 1250. The number of aromatic nitrogens is 3. The van der Waals surface area contributed by atoms with Crippen LogP contribution in [0.15, 0.2) is 30.5 Å². The van der Waals surface area contributed by atoms with Crippen molar-refractivity contribution in [1.82, 2.24) is 24.8 Å². The molecule has 4 heterocycles. The number of rotatable bonds is 9. The Morgan fingerprint density at radius 3 is 2.75 bits per heavy atom. The van der Waals surface area contributed by atoms with Gasteiger partial charge in [0.2, 0.25) is 5.88 Å². The largest absolute Gasteiger partial charge is 0.469 e. The van der Waals surface area contributed by atoms with Gasteiger partial charge in [0, 0.05) is 50.8 Å². The van der Waals surface area contributed by atoms with Crippen LogP contribution in [-0.2, 0) is 9.47 Å². The van der Waals surface area contributed by atoms with Crippen LogP contribution in [0.25, 0.3) is 16.8 Å². The molecule has 0 unspecified atom stereocenters. The number of fused-ring (bicyclic) bond motifs is 1. The molecule has 1 aliphatic carbocycles. The smallest absolute Gasteiger partial charge is 0.251 e. The lowest BCUT2D eigenvalue weighted by Crippen LogP contribution is -2.39. The quantitative estimate of drug-likeness (QED) is 0.468. The summed E-state index contributed by atoms with van der Waals surface area (Å²) < 4.78 is 18.6. The first-order valence-corrected chi connectivity index (χ1v) is 12.7. The van der Waals surface area contributed by atoms with Crippen LogP contribution in [-0.4, -0.2) is 90.2 Å². The summed E-state index contributed by atoms with van der Waals surface area (Å²) in [5.74, 6) is 1.36. The van der Waals surface area contributed by atoms with Gasteiger partial charge in [-0.1, -0.05) is 12.1 Å². The van der Waals surface area contributed by atoms with Gasteiger partial charge in [0.15, 0.2) is 5.65 Å². The first-order valence-electron chi connectivity index (χ1n) is 12.7. The molecular weight excluding hydrogens is 460 g/mol. The van der Waals surface area contributed by atoms with Crippen molar-refractivity contribution in [1.29, 1.82) is 0 Å². The van der Waals surface area contributed by atoms with Crippen LogP contribution in [0.3, 0.4) is 0 Å². The molecule has 3 aromatic rings. The van der Waals surface area contributed by atoms with Gasteiger partial charge in [0.25, 0.3) is 5.91 Å². The van der Waals surface area contributed by atoms with E-state index in [9.17, 15) is 4.79 Å². The Labute approximate surface area is 211 Å². The maximum absolute atomic E-state index is 12.6. The lowest BCUT2D eigenvalue weighted by atomic mass is 10.0. The molecule has 1 aromatic carbocycles. The van der Waals surface area contributed by atoms with E-state index in [2.05, 4.69) is 20.6 Å². The predicted molar refractivity (Wildman–Crippen MR) is 137 cm³/mol. The zero-order valence-electron chi connectivity index (χ0n) is 20.5. The summed E-state index contributed by atoms with van der Waals surface area (Å²) in [4.78, 5) is 19.8. The Balaban J connectivity index is 0.00000280. The Morgan fingerprint density at radius 1 is 1.19 bits per heavy atom. The second kappa shape index (κ2) is 10.0. The average molecular weight is 495 g/mol. The van der Waals surface area contributed by atoms with Crippen LogP contribution in [0.1, 0.15) is 30.2 Å². The molecule has 2 aromatic heterocycles. The summed E-state index contributed by atoms with van der Waals surface area (Å²) in [5.41, 5.74) is 4.18. The van der Waals surface area contributed by atoms with Crippen molar-refractivity contribution in [3.8, 4) is 17.0 Å². The van der Waals surface area contributed by atoms with Crippen molar-refractivity contribution in [2.75, 3.05) is 57.9 Å². The molecule has 0 spiro atoms. The number of morpholine rings is 1. The number of benzene rings is 1. The summed E-state index contributed by atoms with van der Waals surface area (Å²) in [5, 5.41) is 11.2. The van der Waals surface area contributed by atoms with Crippen LogP contribution in [0, 0.1) is 6.92 Å². The van der Waals surface area contributed by atoms with Crippen molar-refractivity contribution in [2.45, 2.75) is 31.9 Å². The molecule has 36 heavy (non-hydrogen) atoms. The summed E-state index contributed by atoms with van der Waals surface area (Å²) >= 11 is 0. The minimum Gasteiger partial charge on any atom is -0.469 e. The van der Waals surface area contributed by atoms with Gasteiger partial charge in [0.05, 0.1) is 32.6 Å². The van der Waals surface area contributed by atoms with Crippen LogP contribution in [0.2, 0.25) is 0 Å². The van der Waals surface area contributed by atoms with Crippen LogP contribution in [0.5, 0.6) is 5.88 Å². The highest BCUT2D eigenvalue weighted by molar-refractivity contribution is 5.97. The van der Waals surface area contributed by atoms with Gasteiger partial charge in [-0.05, 0) is 37.0 Å². The molecule has 6 rings (SSSR count). The number of hydrogen-bond acceptors (Lipinski definition) is 8. The lowest BCUT2D eigenvalue weighted by molar-refractivity contribution is -0.0812. The van der Waals surface area contributed by atoms with E-state index < -0.39 is 0 Å². The van der Waals surface area contributed by atoms with E-state index in [4.69, 9.17) is 19.2 Å². The second-order valence-corrected chi connectivity index (χ2v) is 9.71. The highest BCUT2D eigenvalue weighted by atomic mass is 16.6. The molecule has 1 saturated carbocycles. The zero-order valence-corrected chi connectivity index (χ0v) is 20.5. The molecule has 10 nitrogen and oxygen atoms in total. The van der Waals surface area contributed by atoms with Crippen LogP contribution >= 0.6 is 0 Å². The van der Waals surface area contributed by atoms with Gasteiger partial charge in [-0.2, -0.15) is 14.6 Å². The first-order chi connectivity index (χ1) is 17.6. The molecule has 10 heteroatoms. The van der Waals surface area contributed by atoms with Crippen molar-refractivity contribution < 1.29 is 20.4 Å². The van der Waals surface area contributed by atoms with E-state index in [1.807, 2.05) is 41.9 Å². The number of aryl methyl sites for hydroxylation is 1. The topological polar surface area (TPSA) is 102 Å². The fraction of sp³-hybridized carbons (Fsp3) is 0.500. The Morgan fingerprint density at radius 2 is 2.03 bits per heavy atom. The Hall–Kier alpha value is -3.21. The van der Waals surface area contributed by atoms with E-state index in [-0.39, 0.29) is 13.4 Å². The molecule has 2 N–H and O–H groups in total. The molecule has 0 bridgehead atoms. The maximum atomic E-state index is 12.6. The Kier molecular flexibility index (Phi) is 6.47. The van der Waals surface area contributed by atoms with Crippen molar-refractivity contribution in [3.63, 3.8) is 0 Å². The fourth-order valence-corrected chi connectivity index (χ4v) is 4.53. The third-order valence-corrected chi connectivity index (χ3v) is 6.88. The van der Waals surface area contributed by atoms with Gasteiger partial charge in [-0.25, -0.2) is 0 Å². The second-order valence-electron chi connectivity index (χ2n) is 9.71. The third-order valence-electron chi connectivity index (χ3n) is 6.88. The predicted octanol–water partition coefficient (Wildman–Crippen LogP) is 2.36. The minimum atomic E-state index is -0.00954.